The first-order valence-corrected chi connectivity index (χ1v) is 11.7. The topological polar surface area (TPSA) is 83.4 Å². The van der Waals surface area contributed by atoms with Crippen molar-refractivity contribution in [1.29, 1.82) is 0 Å². The van der Waals surface area contributed by atoms with Crippen molar-refractivity contribution in [3.8, 4) is 0 Å². The molecule has 2 heterocycles. The molecule has 3 aromatic rings. The molecule has 0 fully saturated rings. The first-order valence-electron chi connectivity index (χ1n) is 9.38. The summed E-state index contributed by atoms with van der Waals surface area (Å²) in [7, 11) is -4.34. The van der Waals surface area contributed by atoms with Gasteiger partial charge in [0.15, 0.2) is 0 Å². The molecule has 1 N–H and O–H groups in total. The number of nitrogens with zero attached hydrogens (tertiary/aromatic N) is 3. The largest absolute Gasteiger partial charge is 0.340 e. The number of aryl methyl sites for hydroxylation is 1. The Morgan fingerprint density at radius 2 is 1.76 bits per heavy atom. The quantitative estimate of drug-likeness (QED) is 0.573. The number of aromatic nitrogens is 2. The van der Waals surface area contributed by atoms with Gasteiger partial charge in [0.25, 0.3) is 10.1 Å². The predicted molar refractivity (Wildman–Crippen MR) is 114 cm³/mol. The van der Waals surface area contributed by atoms with E-state index in [1.165, 1.54) is 18.0 Å². The molecular formula is C21H21N3O3S2. The highest BCUT2D eigenvalue weighted by atomic mass is 32.2. The molecule has 0 saturated heterocycles. The van der Waals surface area contributed by atoms with Gasteiger partial charge in [-0.05, 0) is 48.7 Å². The molecule has 150 valence electrons. The Morgan fingerprint density at radius 1 is 1.03 bits per heavy atom. The lowest BCUT2D eigenvalue weighted by molar-refractivity contribution is 0.461. The van der Waals surface area contributed by atoms with E-state index >= 15 is 0 Å². The highest BCUT2D eigenvalue weighted by molar-refractivity contribution is 7.99. The van der Waals surface area contributed by atoms with Crippen LogP contribution in [0.2, 0.25) is 0 Å². The molecule has 1 aromatic heterocycles. The van der Waals surface area contributed by atoms with E-state index in [1.807, 2.05) is 18.2 Å². The number of anilines is 2. The van der Waals surface area contributed by atoms with Crippen LogP contribution >= 0.6 is 11.8 Å². The highest BCUT2D eigenvalue weighted by Crippen LogP contribution is 2.48. The van der Waals surface area contributed by atoms with Crippen LogP contribution in [-0.2, 0) is 16.5 Å². The molecule has 2 aromatic carbocycles. The summed E-state index contributed by atoms with van der Waals surface area (Å²) < 4.78 is 33.9. The lowest BCUT2D eigenvalue weighted by Crippen LogP contribution is -2.26. The Balaban J connectivity index is 1.71. The normalized spacial score (nSPS) is 14.2. The highest BCUT2D eigenvalue weighted by Gasteiger charge is 2.30. The van der Waals surface area contributed by atoms with Crippen LogP contribution in [0.5, 0.6) is 0 Å². The zero-order valence-electron chi connectivity index (χ0n) is 15.9. The van der Waals surface area contributed by atoms with Gasteiger partial charge in [0.2, 0.25) is 0 Å². The number of fused-ring (bicyclic) bond motifs is 2. The Morgan fingerprint density at radius 3 is 2.48 bits per heavy atom. The van der Waals surface area contributed by atoms with Gasteiger partial charge in [-0.1, -0.05) is 36.9 Å². The van der Waals surface area contributed by atoms with E-state index < -0.39 is 15.4 Å². The summed E-state index contributed by atoms with van der Waals surface area (Å²) in [6.07, 6.45) is 4.04. The summed E-state index contributed by atoms with van der Waals surface area (Å²) in [4.78, 5) is 12.5. The van der Waals surface area contributed by atoms with Crippen molar-refractivity contribution >= 4 is 33.3 Å². The van der Waals surface area contributed by atoms with Gasteiger partial charge >= 0.3 is 0 Å². The van der Waals surface area contributed by atoms with Crippen molar-refractivity contribution in [2.75, 3.05) is 11.4 Å². The summed E-state index contributed by atoms with van der Waals surface area (Å²) in [6, 6.07) is 16.1. The van der Waals surface area contributed by atoms with Crippen LogP contribution in [0.25, 0.3) is 0 Å². The van der Waals surface area contributed by atoms with E-state index in [0.29, 0.717) is 6.54 Å². The standard InChI is InChI=1S/C21H21N3O3S2/c1-2-15-8-9-19-17(14-15)24(16-6-3-4-7-18(16)28-19)13-10-20(29(25,26)27)21-22-11-5-12-23-21/h3-9,11-12,14,20H,2,10,13H2,1H3,(H,25,26,27). The number of hydrogen-bond acceptors (Lipinski definition) is 6. The Kier molecular flexibility index (Phi) is 5.58. The molecule has 0 radical (unpaired) electrons. The zero-order valence-corrected chi connectivity index (χ0v) is 17.5. The molecule has 0 amide bonds. The van der Waals surface area contributed by atoms with Gasteiger partial charge < -0.3 is 4.90 Å². The van der Waals surface area contributed by atoms with Crippen LogP contribution in [0, 0.1) is 0 Å². The van der Waals surface area contributed by atoms with Crippen LogP contribution in [0.3, 0.4) is 0 Å². The van der Waals surface area contributed by atoms with Gasteiger partial charge in [0.05, 0.1) is 11.4 Å². The van der Waals surface area contributed by atoms with E-state index in [0.717, 1.165) is 27.6 Å². The van der Waals surface area contributed by atoms with Crippen LogP contribution in [0.4, 0.5) is 11.4 Å². The molecule has 0 saturated carbocycles. The predicted octanol–water partition coefficient (Wildman–Crippen LogP) is 4.66. The smallest absolute Gasteiger partial charge is 0.275 e. The lowest BCUT2D eigenvalue weighted by atomic mass is 10.1. The SMILES string of the molecule is CCc1ccc2c(c1)N(CCC(c1ncccn1)S(=O)(=O)O)c1ccccc1S2. The fourth-order valence-electron chi connectivity index (χ4n) is 3.47. The molecule has 1 atom stereocenters. The van der Waals surface area contributed by atoms with Crippen molar-refractivity contribution in [3.63, 3.8) is 0 Å². The number of hydrogen-bond donors (Lipinski definition) is 1. The minimum atomic E-state index is -4.34. The summed E-state index contributed by atoms with van der Waals surface area (Å²) in [5.74, 6) is 0.109. The van der Waals surface area contributed by atoms with Crippen LogP contribution < -0.4 is 4.90 Å². The second kappa shape index (κ2) is 8.14. The maximum Gasteiger partial charge on any atom is 0.275 e. The van der Waals surface area contributed by atoms with Crippen molar-refractivity contribution in [2.45, 2.75) is 34.8 Å². The van der Waals surface area contributed by atoms with Crippen LogP contribution in [-0.4, -0.2) is 29.5 Å². The fraction of sp³-hybridized carbons (Fsp3) is 0.238. The number of rotatable bonds is 6. The van der Waals surface area contributed by atoms with Gasteiger partial charge in [-0.15, -0.1) is 0 Å². The van der Waals surface area contributed by atoms with E-state index in [4.69, 9.17) is 0 Å². The number of para-hydroxylation sites is 1. The summed E-state index contributed by atoms with van der Waals surface area (Å²) in [5.41, 5.74) is 3.30. The summed E-state index contributed by atoms with van der Waals surface area (Å²) in [6.45, 7) is 2.51. The summed E-state index contributed by atoms with van der Waals surface area (Å²) in [5, 5.41) is -1.18. The second-order valence-corrected chi connectivity index (χ2v) is 9.46. The molecule has 1 aliphatic heterocycles. The van der Waals surface area contributed by atoms with Gasteiger partial charge in [0.1, 0.15) is 11.1 Å². The van der Waals surface area contributed by atoms with Crippen LogP contribution in [0.1, 0.15) is 30.0 Å². The molecule has 6 nitrogen and oxygen atoms in total. The zero-order chi connectivity index (χ0) is 20.4. The minimum absolute atomic E-state index is 0.109. The van der Waals surface area contributed by atoms with E-state index in [2.05, 4.69) is 46.1 Å². The summed E-state index contributed by atoms with van der Waals surface area (Å²) >= 11 is 1.71. The molecule has 8 heteroatoms. The Bertz CT molecular complexity index is 1120. The Labute approximate surface area is 174 Å². The van der Waals surface area contributed by atoms with Crippen molar-refractivity contribution in [2.24, 2.45) is 0 Å². The van der Waals surface area contributed by atoms with Gasteiger partial charge in [0, 0.05) is 28.7 Å². The van der Waals surface area contributed by atoms with Gasteiger partial charge in [-0.25, -0.2) is 9.97 Å². The van der Waals surface area contributed by atoms with Crippen molar-refractivity contribution < 1.29 is 13.0 Å². The maximum atomic E-state index is 12.0. The first-order chi connectivity index (χ1) is 14.0. The van der Waals surface area contributed by atoms with E-state index in [1.54, 1.807) is 17.8 Å². The van der Waals surface area contributed by atoms with E-state index in [-0.39, 0.29) is 12.2 Å². The third kappa shape index (κ3) is 4.14. The first kappa shape index (κ1) is 19.9. The molecule has 1 aliphatic rings. The molecule has 0 spiro atoms. The third-order valence-corrected chi connectivity index (χ3v) is 7.24. The molecule has 29 heavy (non-hydrogen) atoms. The fourth-order valence-corrected chi connectivity index (χ4v) is 5.34. The minimum Gasteiger partial charge on any atom is -0.340 e. The average Bonchev–Trinajstić information content (AvgIpc) is 2.72. The monoisotopic (exact) mass is 427 g/mol. The molecule has 4 rings (SSSR count). The average molecular weight is 428 g/mol. The Hall–Kier alpha value is -2.42. The van der Waals surface area contributed by atoms with E-state index in [9.17, 15) is 13.0 Å². The number of benzene rings is 2. The lowest BCUT2D eigenvalue weighted by Gasteiger charge is -2.33. The van der Waals surface area contributed by atoms with Crippen molar-refractivity contribution in [1.82, 2.24) is 9.97 Å². The van der Waals surface area contributed by atoms with Gasteiger partial charge in [-0.3, -0.25) is 4.55 Å². The molecular weight excluding hydrogens is 406 g/mol. The molecule has 0 aliphatic carbocycles. The molecule has 0 bridgehead atoms. The molecule has 1 unspecified atom stereocenters. The third-order valence-electron chi connectivity index (χ3n) is 4.95. The van der Waals surface area contributed by atoms with Crippen LogP contribution in [0.15, 0.2) is 70.7 Å². The van der Waals surface area contributed by atoms with Gasteiger partial charge in [-0.2, -0.15) is 8.42 Å². The second-order valence-electron chi connectivity index (χ2n) is 6.78. The maximum absolute atomic E-state index is 12.0. The van der Waals surface area contributed by atoms with Crippen molar-refractivity contribution in [3.05, 3.63) is 72.3 Å².